The summed E-state index contributed by atoms with van der Waals surface area (Å²) >= 11 is 0. The molecular formula is C10H6N3O6S-. The summed E-state index contributed by atoms with van der Waals surface area (Å²) in [5, 5.41) is 22.4. The van der Waals surface area contributed by atoms with Crippen molar-refractivity contribution in [2.75, 3.05) is 0 Å². The van der Waals surface area contributed by atoms with Crippen molar-refractivity contribution in [3.05, 3.63) is 51.0 Å². The smallest absolute Gasteiger partial charge is 0.294 e. The van der Waals surface area contributed by atoms with Crippen LogP contribution in [0.4, 0.5) is 5.69 Å². The maximum absolute atomic E-state index is 11.7. The van der Waals surface area contributed by atoms with Crippen LogP contribution in [-0.2, 0) is 10.1 Å². The summed E-state index contributed by atoms with van der Waals surface area (Å²) in [6.45, 7) is 0. The van der Waals surface area contributed by atoms with Crippen LogP contribution in [0.5, 0.6) is 0 Å². The van der Waals surface area contributed by atoms with Crippen LogP contribution in [0.15, 0.2) is 24.3 Å². The Bertz CT molecular complexity index is 791. The zero-order chi connectivity index (χ0) is 15.1. The molecule has 0 saturated heterocycles. The molecule has 0 bridgehead atoms. The number of benzene rings is 1. The van der Waals surface area contributed by atoms with E-state index in [9.17, 15) is 23.6 Å². The van der Waals surface area contributed by atoms with Gasteiger partial charge in [0.15, 0.2) is 0 Å². The molecule has 1 aliphatic carbocycles. The summed E-state index contributed by atoms with van der Waals surface area (Å²) < 4.78 is 31.6. The standard InChI is InChI=1S/C10H6N3O6S/c11-12-10-6-2-1-5(13(15)16)3-7(6)9(4-8(10)14)20(17,18)19/h1-4,8H,(H,17,18,19)/q-1. The first kappa shape index (κ1) is 14.0. The average molecular weight is 296 g/mol. The van der Waals surface area contributed by atoms with E-state index in [-0.39, 0.29) is 16.8 Å². The van der Waals surface area contributed by atoms with Gasteiger partial charge in [-0.2, -0.15) is 13.2 Å². The maximum atomic E-state index is 11.7. The monoisotopic (exact) mass is 296 g/mol. The molecule has 9 nitrogen and oxygen atoms in total. The number of non-ortho nitro benzene ring substituents is 1. The Kier molecular flexibility index (Phi) is 3.24. The number of nitro groups is 1. The molecule has 1 aromatic rings. The summed E-state index contributed by atoms with van der Waals surface area (Å²) in [6, 6.07) is 3.00. The summed E-state index contributed by atoms with van der Waals surface area (Å²) in [4.78, 5) is 12.0. The van der Waals surface area contributed by atoms with E-state index in [1.54, 1.807) is 0 Å². The Morgan fingerprint density at radius 3 is 2.50 bits per heavy atom. The molecule has 1 atom stereocenters. The molecule has 2 rings (SSSR count). The van der Waals surface area contributed by atoms with E-state index >= 15 is 0 Å². The van der Waals surface area contributed by atoms with E-state index in [1.807, 2.05) is 0 Å². The second kappa shape index (κ2) is 4.62. The van der Waals surface area contributed by atoms with Gasteiger partial charge in [-0.25, -0.2) is 0 Å². The van der Waals surface area contributed by atoms with Crippen molar-refractivity contribution in [1.82, 2.24) is 0 Å². The van der Waals surface area contributed by atoms with Crippen LogP contribution in [0.2, 0.25) is 0 Å². The number of hydrogen-bond donors (Lipinski definition) is 1. The highest BCUT2D eigenvalue weighted by Crippen LogP contribution is 2.32. The largest absolute Gasteiger partial charge is 0.840 e. The maximum Gasteiger partial charge on any atom is 0.294 e. The van der Waals surface area contributed by atoms with Crippen molar-refractivity contribution in [3.8, 4) is 0 Å². The minimum Gasteiger partial charge on any atom is -0.840 e. The third-order valence-corrected chi connectivity index (χ3v) is 3.63. The van der Waals surface area contributed by atoms with Gasteiger partial charge in [0.2, 0.25) is 0 Å². The predicted molar refractivity (Wildman–Crippen MR) is 64.1 cm³/mol. The second-order valence-corrected chi connectivity index (χ2v) is 5.29. The van der Waals surface area contributed by atoms with Crippen molar-refractivity contribution < 1.29 is 27.8 Å². The van der Waals surface area contributed by atoms with Gasteiger partial charge in [-0.1, -0.05) is 6.08 Å². The molecule has 0 aromatic heterocycles. The third kappa shape index (κ3) is 2.24. The fourth-order valence-corrected chi connectivity index (χ4v) is 2.61. The topological polar surface area (TPSA) is 157 Å². The zero-order valence-electron chi connectivity index (χ0n) is 9.63. The molecule has 0 heterocycles. The van der Waals surface area contributed by atoms with Crippen LogP contribution in [0.1, 0.15) is 11.1 Å². The van der Waals surface area contributed by atoms with E-state index < -0.39 is 31.7 Å². The quantitative estimate of drug-likeness (QED) is 0.257. The fraction of sp³-hybridized carbons (Fsp3) is 0.100. The number of fused-ring (bicyclic) bond motifs is 1. The second-order valence-electron chi connectivity index (χ2n) is 3.90. The van der Waals surface area contributed by atoms with Crippen molar-refractivity contribution in [1.29, 1.82) is 0 Å². The van der Waals surface area contributed by atoms with Gasteiger partial charge in [0.25, 0.3) is 21.5 Å². The summed E-state index contributed by atoms with van der Waals surface area (Å²) in [6.07, 6.45) is -1.19. The molecule has 0 saturated carbocycles. The van der Waals surface area contributed by atoms with Crippen molar-refractivity contribution in [2.24, 2.45) is 0 Å². The molecule has 1 N–H and O–H groups in total. The Labute approximate surface area is 112 Å². The van der Waals surface area contributed by atoms with Crippen LogP contribution in [-0.4, -0.2) is 34.5 Å². The van der Waals surface area contributed by atoms with Crippen LogP contribution in [0.3, 0.4) is 0 Å². The first-order valence-electron chi connectivity index (χ1n) is 5.12. The Hall–Kier alpha value is -2.39. The number of nitro benzene ring substituents is 1. The van der Waals surface area contributed by atoms with E-state index in [1.165, 1.54) is 0 Å². The molecule has 0 aliphatic heterocycles. The Morgan fingerprint density at radius 1 is 1.35 bits per heavy atom. The lowest BCUT2D eigenvalue weighted by Gasteiger charge is -2.22. The molecule has 1 aromatic carbocycles. The predicted octanol–water partition coefficient (Wildman–Crippen LogP) is -0.415. The molecule has 0 spiro atoms. The molecular weight excluding hydrogens is 290 g/mol. The highest BCUT2D eigenvalue weighted by Gasteiger charge is 2.32. The normalized spacial score (nSPS) is 18.0. The first-order chi connectivity index (χ1) is 9.25. The number of hydrogen-bond acceptors (Lipinski definition) is 5. The first-order valence-corrected chi connectivity index (χ1v) is 6.56. The summed E-state index contributed by atoms with van der Waals surface area (Å²) in [7, 11) is -4.74. The number of nitrogens with zero attached hydrogens (tertiary/aromatic N) is 3. The zero-order valence-corrected chi connectivity index (χ0v) is 10.4. The third-order valence-electron chi connectivity index (χ3n) is 2.71. The van der Waals surface area contributed by atoms with Crippen molar-refractivity contribution in [3.63, 3.8) is 0 Å². The lowest BCUT2D eigenvalue weighted by Crippen LogP contribution is -2.37. The van der Waals surface area contributed by atoms with Crippen molar-refractivity contribution in [2.45, 2.75) is 6.10 Å². The Balaban J connectivity index is 2.83. The van der Waals surface area contributed by atoms with E-state index in [0.29, 0.717) is 6.08 Å². The van der Waals surface area contributed by atoms with Gasteiger partial charge in [0, 0.05) is 23.8 Å². The molecule has 1 aliphatic rings. The highest BCUT2D eigenvalue weighted by molar-refractivity contribution is 7.95. The van der Waals surface area contributed by atoms with Gasteiger partial charge < -0.3 is 10.6 Å². The van der Waals surface area contributed by atoms with E-state index in [4.69, 9.17) is 10.1 Å². The van der Waals surface area contributed by atoms with Crippen LogP contribution < -0.4 is 5.11 Å². The molecule has 20 heavy (non-hydrogen) atoms. The van der Waals surface area contributed by atoms with Crippen molar-refractivity contribution >= 4 is 26.4 Å². The van der Waals surface area contributed by atoms with Gasteiger partial charge in [-0.15, -0.1) is 0 Å². The highest BCUT2D eigenvalue weighted by atomic mass is 32.2. The molecule has 1 unspecified atom stereocenters. The SMILES string of the molecule is [N-]=[N+]=C1c2ccc([N+](=O)[O-])cc2C(S(=O)(=O)O)=CC1[O-]. The van der Waals surface area contributed by atoms with Gasteiger partial charge in [0.05, 0.1) is 15.4 Å². The molecule has 0 radical (unpaired) electrons. The minimum absolute atomic E-state index is 0.0896. The molecule has 10 heteroatoms. The van der Waals surface area contributed by atoms with Gasteiger partial charge in [0.1, 0.15) is 0 Å². The van der Waals surface area contributed by atoms with Crippen LogP contribution in [0.25, 0.3) is 10.4 Å². The Morgan fingerprint density at radius 2 is 2.00 bits per heavy atom. The number of rotatable bonds is 2. The fourth-order valence-electron chi connectivity index (χ4n) is 1.87. The van der Waals surface area contributed by atoms with Crippen LogP contribution in [0, 0.1) is 10.1 Å². The minimum atomic E-state index is -4.74. The van der Waals surface area contributed by atoms with Gasteiger partial charge >= 0.3 is 0 Å². The lowest BCUT2D eigenvalue weighted by atomic mass is 9.93. The summed E-state index contributed by atoms with van der Waals surface area (Å²) in [5.74, 6) is 0. The van der Waals surface area contributed by atoms with E-state index in [2.05, 4.69) is 4.79 Å². The van der Waals surface area contributed by atoms with Crippen LogP contribution >= 0.6 is 0 Å². The van der Waals surface area contributed by atoms with Gasteiger partial charge in [-0.05, 0) is 6.07 Å². The average Bonchev–Trinajstić information content (AvgIpc) is 2.36. The van der Waals surface area contributed by atoms with E-state index in [0.717, 1.165) is 18.2 Å². The summed E-state index contributed by atoms with van der Waals surface area (Å²) in [5.41, 5.74) is 7.62. The molecule has 0 fully saturated rings. The van der Waals surface area contributed by atoms with Gasteiger partial charge in [-0.3, -0.25) is 14.7 Å². The molecule has 104 valence electrons. The lowest BCUT2D eigenvalue weighted by molar-refractivity contribution is -0.385. The molecule has 0 amide bonds.